The smallest absolute Gasteiger partial charge is 0.328 e. The first-order valence-corrected chi connectivity index (χ1v) is 5.85. The molecule has 0 bridgehead atoms. The lowest BCUT2D eigenvalue weighted by Gasteiger charge is -2.07. The molecular formula is C13H15NO6. The fourth-order valence-corrected chi connectivity index (χ4v) is 1.45. The van der Waals surface area contributed by atoms with Crippen LogP contribution in [-0.2, 0) is 9.53 Å². The highest BCUT2D eigenvalue weighted by atomic mass is 16.6. The van der Waals surface area contributed by atoms with Gasteiger partial charge in [-0.15, -0.1) is 0 Å². The fraction of sp³-hybridized carbons (Fsp3) is 0.308. The molecule has 0 saturated heterocycles. The summed E-state index contributed by atoms with van der Waals surface area (Å²) in [6, 6.07) is 4.18. The number of rotatable bonds is 8. The van der Waals surface area contributed by atoms with Crippen LogP contribution in [0, 0.1) is 10.1 Å². The molecule has 20 heavy (non-hydrogen) atoms. The summed E-state index contributed by atoms with van der Waals surface area (Å²) in [7, 11) is 1.56. The molecule has 0 aliphatic carbocycles. The minimum absolute atomic E-state index is 0.110. The molecule has 0 aliphatic heterocycles. The van der Waals surface area contributed by atoms with Crippen LogP contribution in [-0.4, -0.2) is 36.3 Å². The maximum atomic E-state index is 10.9. The normalized spacial score (nSPS) is 10.7. The number of nitro benzene ring substituents is 1. The third kappa shape index (κ3) is 5.07. The Morgan fingerprint density at radius 3 is 2.80 bits per heavy atom. The molecule has 0 spiro atoms. The van der Waals surface area contributed by atoms with Gasteiger partial charge in [0.05, 0.1) is 11.5 Å². The molecular weight excluding hydrogens is 266 g/mol. The molecule has 0 aliphatic rings. The zero-order chi connectivity index (χ0) is 15.0. The van der Waals surface area contributed by atoms with E-state index in [0.29, 0.717) is 18.6 Å². The first-order valence-electron chi connectivity index (χ1n) is 5.85. The van der Waals surface area contributed by atoms with Gasteiger partial charge in [0.25, 0.3) is 0 Å². The van der Waals surface area contributed by atoms with E-state index in [-0.39, 0.29) is 18.0 Å². The Kier molecular flexibility index (Phi) is 6.18. The number of aliphatic carboxylic acids is 1. The molecule has 7 heteroatoms. The van der Waals surface area contributed by atoms with Crippen molar-refractivity contribution in [1.29, 1.82) is 0 Å². The molecule has 108 valence electrons. The third-order valence-electron chi connectivity index (χ3n) is 2.35. The van der Waals surface area contributed by atoms with Crippen LogP contribution in [0.2, 0.25) is 0 Å². The van der Waals surface area contributed by atoms with E-state index < -0.39 is 10.9 Å². The molecule has 0 atom stereocenters. The van der Waals surface area contributed by atoms with Crippen molar-refractivity contribution in [3.63, 3.8) is 0 Å². The van der Waals surface area contributed by atoms with Crippen LogP contribution in [0.3, 0.4) is 0 Å². The van der Waals surface area contributed by atoms with Gasteiger partial charge in [-0.05, 0) is 23.8 Å². The van der Waals surface area contributed by atoms with Crippen LogP contribution in [0.1, 0.15) is 12.0 Å². The van der Waals surface area contributed by atoms with Gasteiger partial charge in [0.2, 0.25) is 0 Å². The quantitative estimate of drug-likeness (QED) is 0.339. The number of nitro groups is 1. The van der Waals surface area contributed by atoms with Crippen LogP contribution in [0.15, 0.2) is 24.3 Å². The lowest BCUT2D eigenvalue weighted by atomic mass is 10.1. The topological polar surface area (TPSA) is 98.9 Å². The van der Waals surface area contributed by atoms with Gasteiger partial charge in [0.1, 0.15) is 0 Å². The highest BCUT2D eigenvalue weighted by Crippen LogP contribution is 2.28. The van der Waals surface area contributed by atoms with Gasteiger partial charge < -0.3 is 14.6 Å². The second-order valence-electron chi connectivity index (χ2n) is 3.85. The van der Waals surface area contributed by atoms with Gasteiger partial charge >= 0.3 is 11.7 Å². The highest BCUT2D eigenvalue weighted by molar-refractivity contribution is 5.85. The third-order valence-corrected chi connectivity index (χ3v) is 2.35. The number of methoxy groups -OCH3 is 1. The van der Waals surface area contributed by atoms with Crippen LogP contribution >= 0.6 is 0 Å². The summed E-state index contributed by atoms with van der Waals surface area (Å²) >= 11 is 0. The SMILES string of the molecule is COCCCOc1cc(C=CC(=O)O)ccc1[N+](=O)[O-]. The van der Waals surface area contributed by atoms with Crippen molar-refractivity contribution in [2.24, 2.45) is 0 Å². The number of carboxylic acids is 1. The van der Waals surface area contributed by atoms with E-state index >= 15 is 0 Å². The molecule has 0 heterocycles. The fourth-order valence-electron chi connectivity index (χ4n) is 1.45. The van der Waals surface area contributed by atoms with Crippen LogP contribution in [0.25, 0.3) is 6.08 Å². The molecule has 0 aromatic heterocycles. The molecule has 1 aromatic carbocycles. The standard InChI is InChI=1S/C13H15NO6/c1-19-7-2-8-20-12-9-10(4-6-13(15)16)3-5-11(12)14(17)18/h3-6,9H,2,7-8H2,1H3,(H,15,16). The predicted molar refractivity (Wildman–Crippen MR) is 71.8 cm³/mol. The average Bonchev–Trinajstić information content (AvgIpc) is 2.41. The maximum Gasteiger partial charge on any atom is 0.328 e. The summed E-state index contributed by atoms with van der Waals surface area (Å²) in [6.07, 6.45) is 2.90. The lowest BCUT2D eigenvalue weighted by molar-refractivity contribution is -0.385. The zero-order valence-electron chi connectivity index (χ0n) is 10.9. The van der Waals surface area contributed by atoms with E-state index in [9.17, 15) is 14.9 Å². The monoisotopic (exact) mass is 281 g/mol. The summed E-state index contributed by atoms with van der Waals surface area (Å²) in [4.78, 5) is 20.8. The average molecular weight is 281 g/mol. The molecule has 0 fully saturated rings. The predicted octanol–water partition coefficient (Wildman–Crippen LogP) is 2.11. The van der Waals surface area contributed by atoms with E-state index in [1.54, 1.807) is 7.11 Å². The Morgan fingerprint density at radius 1 is 1.45 bits per heavy atom. The van der Waals surface area contributed by atoms with Crippen molar-refractivity contribution >= 4 is 17.7 Å². The second kappa shape index (κ2) is 7.90. The Morgan fingerprint density at radius 2 is 2.20 bits per heavy atom. The van der Waals surface area contributed by atoms with Crippen molar-refractivity contribution in [3.8, 4) is 5.75 Å². The van der Waals surface area contributed by atoms with Crippen LogP contribution in [0.5, 0.6) is 5.75 Å². The van der Waals surface area contributed by atoms with Gasteiger partial charge in [-0.1, -0.05) is 0 Å². The van der Waals surface area contributed by atoms with Gasteiger partial charge in [-0.25, -0.2) is 4.79 Å². The van der Waals surface area contributed by atoms with Crippen LogP contribution in [0.4, 0.5) is 5.69 Å². The Balaban J connectivity index is 2.88. The number of hydrogen-bond acceptors (Lipinski definition) is 5. The number of hydrogen-bond donors (Lipinski definition) is 1. The van der Waals surface area contributed by atoms with Crippen molar-refractivity contribution in [3.05, 3.63) is 40.0 Å². The largest absolute Gasteiger partial charge is 0.487 e. The van der Waals surface area contributed by atoms with Crippen molar-refractivity contribution in [2.75, 3.05) is 20.3 Å². The van der Waals surface area contributed by atoms with Gasteiger partial charge in [-0.2, -0.15) is 0 Å². The van der Waals surface area contributed by atoms with Gasteiger partial charge in [0.15, 0.2) is 5.75 Å². The Hall–Kier alpha value is -2.41. The Bertz CT molecular complexity index is 512. The van der Waals surface area contributed by atoms with Crippen molar-refractivity contribution in [2.45, 2.75) is 6.42 Å². The number of nitrogens with zero attached hydrogens (tertiary/aromatic N) is 1. The Labute approximate surface area is 115 Å². The molecule has 7 nitrogen and oxygen atoms in total. The maximum absolute atomic E-state index is 10.9. The van der Waals surface area contributed by atoms with E-state index in [1.165, 1.54) is 24.3 Å². The highest BCUT2D eigenvalue weighted by Gasteiger charge is 2.15. The second-order valence-corrected chi connectivity index (χ2v) is 3.85. The first kappa shape index (κ1) is 15.6. The molecule has 0 amide bonds. The summed E-state index contributed by atoms with van der Waals surface area (Å²) in [5.74, 6) is -0.982. The molecule has 1 N–H and O–H groups in total. The van der Waals surface area contributed by atoms with E-state index in [0.717, 1.165) is 6.08 Å². The lowest BCUT2D eigenvalue weighted by Crippen LogP contribution is -2.03. The van der Waals surface area contributed by atoms with Crippen LogP contribution < -0.4 is 4.74 Å². The zero-order valence-corrected chi connectivity index (χ0v) is 10.9. The van der Waals surface area contributed by atoms with E-state index in [4.69, 9.17) is 14.6 Å². The van der Waals surface area contributed by atoms with Crippen molar-refractivity contribution < 1.29 is 24.3 Å². The summed E-state index contributed by atoms with van der Waals surface area (Å²) in [5, 5.41) is 19.4. The summed E-state index contributed by atoms with van der Waals surface area (Å²) in [5.41, 5.74) is 0.356. The minimum Gasteiger partial charge on any atom is -0.487 e. The number of benzene rings is 1. The molecule has 0 unspecified atom stereocenters. The van der Waals surface area contributed by atoms with E-state index in [1.807, 2.05) is 0 Å². The number of carbonyl (C=O) groups is 1. The molecule has 0 radical (unpaired) electrons. The summed E-state index contributed by atoms with van der Waals surface area (Å²) < 4.78 is 10.2. The van der Waals surface area contributed by atoms with Gasteiger partial charge in [-0.3, -0.25) is 10.1 Å². The van der Waals surface area contributed by atoms with Gasteiger partial charge in [0, 0.05) is 32.3 Å². The summed E-state index contributed by atoms with van der Waals surface area (Å²) in [6.45, 7) is 0.771. The molecule has 1 rings (SSSR count). The number of ether oxygens (including phenoxy) is 2. The molecule has 1 aromatic rings. The first-order chi connectivity index (χ1) is 9.54. The van der Waals surface area contributed by atoms with E-state index in [2.05, 4.69) is 0 Å². The number of carboxylic acid groups (broad SMARTS) is 1. The molecule has 0 saturated carbocycles. The van der Waals surface area contributed by atoms with Crippen molar-refractivity contribution in [1.82, 2.24) is 0 Å². The minimum atomic E-state index is -1.09.